The van der Waals surface area contributed by atoms with Crippen LogP contribution in [0.25, 0.3) is 5.57 Å². The molecular weight excluding hydrogens is 397 g/mol. The molecule has 0 radical (unpaired) electrons. The maximum absolute atomic E-state index is 12.9. The summed E-state index contributed by atoms with van der Waals surface area (Å²) in [6.07, 6.45) is 0.890. The van der Waals surface area contributed by atoms with E-state index < -0.39 is 11.8 Å². The van der Waals surface area contributed by atoms with E-state index in [2.05, 4.69) is 0 Å². The Labute approximate surface area is 165 Å². The van der Waals surface area contributed by atoms with Crippen LogP contribution in [0, 0.1) is 0 Å². The van der Waals surface area contributed by atoms with Crippen molar-refractivity contribution in [2.75, 3.05) is 11.5 Å². The topological polar surface area (TPSA) is 46.6 Å². The van der Waals surface area contributed by atoms with E-state index in [9.17, 15) is 9.59 Å². The third-order valence-corrected chi connectivity index (χ3v) is 4.70. The largest absolute Gasteiger partial charge is 0.494 e. The second kappa shape index (κ2) is 7.70. The number of benzene rings is 2. The van der Waals surface area contributed by atoms with Gasteiger partial charge in [-0.1, -0.05) is 53.9 Å². The second-order valence-corrected chi connectivity index (χ2v) is 6.82. The first kappa shape index (κ1) is 18.8. The van der Waals surface area contributed by atoms with Crippen molar-refractivity contribution in [3.63, 3.8) is 0 Å². The molecule has 26 heavy (non-hydrogen) atoms. The molecule has 0 atom stereocenters. The van der Waals surface area contributed by atoms with Gasteiger partial charge < -0.3 is 4.74 Å². The zero-order valence-electron chi connectivity index (χ0n) is 13.8. The van der Waals surface area contributed by atoms with Gasteiger partial charge in [0, 0.05) is 5.02 Å². The van der Waals surface area contributed by atoms with Crippen molar-refractivity contribution in [1.82, 2.24) is 0 Å². The lowest BCUT2D eigenvalue weighted by Crippen LogP contribution is -2.31. The molecule has 0 fully saturated rings. The van der Waals surface area contributed by atoms with Crippen molar-refractivity contribution in [2.45, 2.75) is 13.3 Å². The summed E-state index contributed by atoms with van der Waals surface area (Å²) in [5.74, 6) is -0.507. The molecule has 1 aliphatic rings. The molecule has 0 saturated heterocycles. The number of imide groups is 1. The SMILES string of the molecule is CCCOc1ccc(C2=C(Cl)C(=O)N(c3cc(Cl)ccc3Cl)C2=O)cc1. The summed E-state index contributed by atoms with van der Waals surface area (Å²) in [6, 6.07) is 11.4. The summed E-state index contributed by atoms with van der Waals surface area (Å²) in [5, 5.41) is 0.422. The van der Waals surface area contributed by atoms with E-state index >= 15 is 0 Å². The van der Waals surface area contributed by atoms with Gasteiger partial charge in [0.25, 0.3) is 11.8 Å². The van der Waals surface area contributed by atoms with Crippen molar-refractivity contribution in [1.29, 1.82) is 0 Å². The summed E-state index contributed by atoms with van der Waals surface area (Å²) in [5.41, 5.74) is 0.845. The number of carbonyl (C=O) groups excluding carboxylic acids is 2. The molecule has 3 rings (SSSR count). The van der Waals surface area contributed by atoms with Gasteiger partial charge in [0.15, 0.2) is 0 Å². The van der Waals surface area contributed by atoms with Crippen molar-refractivity contribution >= 4 is 57.9 Å². The molecule has 0 N–H and O–H groups in total. The molecule has 0 spiro atoms. The number of ether oxygens (including phenoxy) is 1. The zero-order chi connectivity index (χ0) is 18.8. The van der Waals surface area contributed by atoms with Gasteiger partial charge >= 0.3 is 0 Å². The van der Waals surface area contributed by atoms with E-state index in [1.165, 1.54) is 12.1 Å². The van der Waals surface area contributed by atoms with Gasteiger partial charge in [-0.2, -0.15) is 0 Å². The number of carbonyl (C=O) groups is 2. The van der Waals surface area contributed by atoms with E-state index in [4.69, 9.17) is 39.5 Å². The fourth-order valence-corrected chi connectivity index (χ4v) is 3.21. The monoisotopic (exact) mass is 409 g/mol. The molecule has 0 unspecified atom stereocenters. The van der Waals surface area contributed by atoms with Crippen LogP contribution >= 0.6 is 34.8 Å². The molecule has 0 saturated carbocycles. The zero-order valence-corrected chi connectivity index (χ0v) is 16.0. The third-order valence-electron chi connectivity index (χ3n) is 3.79. The van der Waals surface area contributed by atoms with Gasteiger partial charge in [0.2, 0.25) is 0 Å². The lowest BCUT2D eigenvalue weighted by atomic mass is 10.1. The molecule has 2 amide bonds. The van der Waals surface area contributed by atoms with Crippen molar-refractivity contribution in [3.05, 3.63) is 63.1 Å². The van der Waals surface area contributed by atoms with Crippen LogP contribution in [0.5, 0.6) is 5.75 Å². The summed E-state index contributed by atoms with van der Waals surface area (Å²) in [6.45, 7) is 2.61. The maximum Gasteiger partial charge on any atom is 0.277 e. The van der Waals surface area contributed by atoms with E-state index in [-0.39, 0.29) is 21.3 Å². The molecule has 0 aromatic heterocycles. The van der Waals surface area contributed by atoms with Crippen LogP contribution in [0.1, 0.15) is 18.9 Å². The van der Waals surface area contributed by atoms with Crippen LogP contribution in [-0.4, -0.2) is 18.4 Å². The van der Waals surface area contributed by atoms with Crippen LogP contribution in [0.15, 0.2) is 47.5 Å². The predicted octanol–water partition coefficient (Wildman–Crippen LogP) is 5.31. The molecule has 2 aromatic rings. The molecule has 1 aliphatic heterocycles. The molecular formula is C19H14Cl3NO3. The van der Waals surface area contributed by atoms with E-state index in [1.807, 2.05) is 6.92 Å². The van der Waals surface area contributed by atoms with Gasteiger partial charge in [-0.3, -0.25) is 9.59 Å². The van der Waals surface area contributed by atoms with Crippen LogP contribution in [0.3, 0.4) is 0 Å². The Morgan fingerprint density at radius 2 is 1.65 bits per heavy atom. The number of amides is 2. The first-order chi connectivity index (χ1) is 12.4. The standard InChI is InChI=1S/C19H14Cl3NO3/c1-2-9-26-13-6-3-11(4-7-13)16-17(22)19(25)23(18(16)24)15-10-12(20)5-8-14(15)21/h3-8,10H,2,9H2,1H3. The molecule has 7 heteroatoms. The fourth-order valence-electron chi connectivity index (χ4n) is 2.57. The van der Waals surface area contributed by atoms with Crippen molar-refractivity contribution in [2.24, 2.45) is 0 Å². The number of rotatable bonds is 5. The first-order valence-electron chi connectivity index (χ1n) is 7.91. The van der Waals surface area contributed by atoms with Gasteiger partial charge in [-0.05, 0) is 42.3 Å². The molecule has 0 bridgehead atoms. The minimum atomic E-state index is -0.637. The van der Waals surface area contributed by atoms with Gasteiger partial charge in [0.05, 0.1) is 22.9 Å². The summed E-state index contributed by atoms with van der Waals surface area (Å²) < 4.78 is 5.52. The lowest BCUT2D eigenvalue weighted by molar-refractivity contribution is -0.119. The minimum Gasteiger partial charge on any atom is -0.494 e. The first-order valence-corrected chi connectivity index (χ1v) is 9.04. The third kappa shape index (κ3) is 3.45. The van der Waals surface area contributed by atoms with Crippen LogP contribution < -0.4 is 9.64 Å². The van der Waals surface area contributed by atoms with E-state index in [1.54, 1.807) is 30.3 Å². The minimum absolute atomic E-state index is 0.120. The average Bonchev–Trinajstić information content (AvgIpc) is 2.85. The Kier molecular flexibility index (Phi) is 5.56. The van der Waals surface area contributed by atoms with E-state index in [0.717, 1.165) is 11.3 Å². The molecule has 1 heterocycles. The van der Waals surface area contributed by atoms with Gasteiger partial charge in [0.1, 0.15) is 10.8 Å². The highest BCUT2D eigenvalue weighted by Crippen LogP contribution is 2.38. The predicted molar refractivity (Wildman–Crippen MR) is 104 cm³/mol. The van der Waals surface area contributed by atoms with Gasteiger partial charge in [-0.15, -0.1) is 0 Å². The molecule has 0 aliphatic carbocycles. The number of hydrogen-bond acceptors (Lipinski definition) is 3. The van der Waals surface area contributed by atoms with Crippen LogP contribution in [-0.2, 0) is 9.59 Å². The van der Waals surface area contributed by atoms with Crippen LogP contribution in [0.2, 0.25) is 10.0 Å². The van der Waals surface area contributed by atoms with E-state index in [0.29, 0.717) is 22.9 Å². The van der Waals surface area contributed by atoms with Gasteiger partial charge in [-0.25, -0.2) is 4.90 Å². The highest BCUT2D eigenvalue weighted by molar-refractivity contribution is 6.60. The highest BCUT2D eigenvalue weighted by Gasteiger charge is 2.40. The molecule has 134 valence electrons. The Hall–Kier alpha value is -2.01. The number of anilines is 1. The number of nitrogens with zero attached hydrogens (tertiary/aromatic N) is 1. The Morgan fingerprint density at radius 1 is 0.962 bits per heavy atom. The average molecular weight is 411 g/mol. The smallest absolute Gasteiger partial charge is 0.277 e. The Balaban J connectivity index is 1.95. The Bertz CT molecular complexity index is 907. The fraction of sp³-hybridized carbons (Fsp3) is 0.158. The van der Waals surface area contributed by atoms with Crippen molar-refractivity contribution in [3.8, 4) is 5.75 Å². The highest BCUT2D eigenvalue weighted by atomic mass is 35.5. The summed E-state index contributed by atoms with van der Waals surface area (Å²) in [7, 11) is 0. The Morgan fingerprint density at radius 3 is 2.31 bits per heavy atom. The van der Waals surface area contributed by atoms with Crippen molar-refractivity contribution < 1.29 is 14.3 Å². The number of halogens is 3. The lowest BCUT2D eigenvalue weighted by Gasteiger charge is -2.16. The maximum atomic E-state index is 12.9. The summed E-state index contributed by atoms with van der Waals surface area (Å²) >= 11 is 18.3. The normalized spacial score (nSPS) is 14.4. The molecule has 4 nitrogen and oxygen atoms in total. The molecule has 2 aromatic carbocycles. The quantitative estimate of drug-likeness (QED) is 0.628. The second-order valence-electron chi connectivity index (χ2n) is 5.60. The summed E-state index contributed by atoms with van der Waals surface area (Å²) in [4.78, 5) is 26.4. The van der Waals surface area contributed by atoms with Crippen LogP contribution in [0.4, 0.5) is 5.69 Å². The number of hydrogen-bond donors (Lipinski definition) is 0.